The first-order valence-corrected chi connectivity index (χ1v) is 9.99. The fourth-order valence-electron chi connectivity index (χ4n) is 3.87. The van der Waals surface area contributed by atoms with Gasteiger partial charge in [0.05, 0.1) is 17.0 Å². The van der Waals surface area contributed by atoms with Crippen LogP contribution in [0, 0.1) is 5.92 Å². The van der Waals surface area contributed by atoms with Crippen molar-refractivity contribution < 1.29 is 22.8 Å². The molecule has 2 N–H and O–H groups in total. The van der Waals surface area contributed by atoms with Gasteiger partial charge in [0, 0.05) is 36.1 Å². The second kappa shape index (κ2) is 7.79. The molecule has 1 amide bonds. The minimum atomic E-state index is -4.43. The van der Waals surface area contributed by atoms with Crippen LogP contribution in [0.4, 0.5) is 19.0 Å². The molecule has 2 aliphatic heterocycles. The molecule has 4 rings (SSSR count). The molecule has 0 bridgehead atoms. The number of aliphatic imine (C=N–C) groups is 1. The van der Waals surface area contributed by atoms with Crippen molar-refractivity contribution in [2.45, 2.75) is 38.5 Å². The number of ketones is 1. The number of piperidine rings is 1. The third-order valence-electron chi connectivity index (χ3n) is 5.79. The van der Waals surface area contributed by atoms with Gasteiger partial charge in [-0.3, -0.25) is 14.6 Å². The summed E-state index contributed by atoms with van der Waals surface area (Å²) >= 11 is 0. The van der Waals surface area contributed by atoms with E-state index in [2.05, 4.69) is 20.6 Å². The Morgan fingerprint density at radius 1 is 1.13 bits per heavy atom. The van der Waals surface area contributed by atoms with Crippen molar-refractivity contribution in [3.63, 3.8) is 0 Å². The normalized spacial score (nSPS) is 23.3. The van der Waals surface area contributed by atoms with Gasteiger partial charge in [-0.15, -0.1) is 0 Å². The van der Waals surface area contributed by atoms with E-state index >= 15 is 0 Å². The number of nitrogens with zero attached hydrogens (tertiary/aromatic N) is 2. The van der Waals surface area contributed by atoms with Gasteiger partial charge in [0.25, 0.3) is 0 Å². The van der Waals surface area contributed by atoms with Gasteiger partial charge in [-0.05, 0) is 31.0 Å². The van der Waals surface area contributed by atoms with Gasteiger partial charge < -0.3 is 10.6 Å². The van der Waals surface area contributed by atoms with Gasteiger partial charge in [0.15, 0.2) is 5.78 Å². The van der Waals surface area contributed by atoms with Crippen LogP contribution in [-0.4, -0.2) is 41.5 Å². The SMILES string of the molecule is CC1N=Cc2c(-c3ccc(C(F)(F)F)cc3)cnc(NC3CCNC(=O)C3C)c2C1=O. The number of nitrogens with one attached hydrogen (secondary N) is 2. The van der Waals surface area contributed by atoms with Crippen LogP contribution >= 0.6 is 0 Å². The molecule has 2 aliphatic rings. The molecule has 0 aliphatic carbocycles. The summed E-state index contributed by atoms with van der Waals surface area (Å²) in [5.41, 5.74) is 1.13. The predicted octanol–water partition coefficient (Wildman–Crippen LogP) is 3.71. The largest absolute Gasteiger partial charge is 0.416 e. The first-order valence-electron chi connectivity index (χ1n) is 9.99. The summed E-state index contributed by atoms with van der Waals surface area (Å²) < 4.78 is 38.7. The third-order valence-corrected chi connectivity index (χ3v) is 5.79. The molecule has 3 heterocycles. The van der Waals surface area contributed by atoms with Crippen LogP contribution in [0.2, 0.25) is 0 Å². The number of halogens is 3. The average molecular weight is 430 g/mol. The summed E-state index contributed by atoms with van der Waals surface area (Å²) in [5, 5.41) is 6.05. The lowest BCUT2D eigenvalue weighted by atomic mass is 9.90. The van der Waals surface area contributed by atoms with Crippen molar-refractivity contribution in [3.8, 4) is 11.1 Å². The summed E-state index contributed by atoms with van der Waals surface area (Å²) in [4.78, 5) is 33.6. The van der Waals surface area contributed by atoms with Gasteiger partial charge >= 0.3 is 6.18 Å². The summed E-state index contributed by atoms with van der Waals surface area (Å²) in [6, 6.07) is 3.93. The van der Waals surface area contributed by atoms with Crippen LogP contribution in [0.1, 0.15) is 41.8 Å². The van der Waals surface area contributed by atoms with Crippen molar-refractivity contribution in [1.29, 1.82) is 0 Å². The van der Waals surface area contributed by atoms with Crippen molar-refractivity contribution in [2.75, 3.05) is 11.9 Å². The molecule has 9 heteroatoms. The van der Waals surface area contributed by atoms with Gasteiger partial charge in [0.2, 0.25) is 5.91 Å². The van der Waals surface area contributed by atoms with E-state index in [1.165, 1.54) is 18.3 Å². The Kier molecular flexibility index (Phi) is 5.28. The van der Waals surface area contributed by atoms with E-state index in [0.29, 0.717) is 41.0 Å². The highest BCUT2D eigenvalue weighted by atomic mass is 19.4. The van der Waals surface area contributed by atoms with E-state index in [1.54, 1.807) is 20.1 Å². The summed E-state index contributed by atoms with van der Waals surface area (Å²) in [7, 11) is 0. The van der Waals surface area contributed by atoms with Crippen LogP contribution in [0.25, 0.3) is 11.1 Å². The molecular formula is C22H21F3N4O2. The zero-order valence-corrected chi connectivity index (χ0v) is 17.0. The maximum atomic E-state index is 13.0. The molecule has 1 saturated heterocycles. The van der Waals surface area contributed by atoms with Gasteiger partial charge in [-0.25, -0.2) is 4.98 Å². The number of carbonyl (C=O) groups is 2. The van der Waals surface area contributed by atoms with Gasteiger partial charge in [-0.1, -0.05) is 19.1 Å². The Hall–Kier alpha value is -3.23. The number of amides is 1. The molecule has 1 aromatic heterocycles. The number of hydrogen-bond donors (Lipinski definition) is 2. The summed E-state index contributed by atoms with van der Waals surface area (Å²) in [6.45, 7) is 4.01. The number of fused-ring (bicyclic) bond motifs is 1. The van der Waals surface area contributed by atoms with Crippen LogP contribution in [-0.2, 0) is 11.0 Å². The number of hydrogen-bond acceptors (Lipinski definition) is 5. The van der Waals surface area contributed by atoms with Gasteiger partial charge in [0.1, 0.15) is 11.9 Å². The Labute approximate surface area is 177 Å². The summed E-state index contributed by atoms with van der Waals surface area (Å²) in [5.74, 6) is -0.236. The monoisotopic (exact) mass is 430 g/mol. The lowest BCUT2D eigenvalue weighted by Gasteiger charge is -2.31. The first-order chi connectivity index (χ1) is 14.7. The zero-order valence-electron chi connectivity index (χ0n) is 17.0. The molecule has 31 heavy (non-hydrogen) atoms. The lowest BCUT2D eigenvalue weighted by Crippen LogP contribution is -2.47. The van der Waals surface area contributed by atoms with Crippen molar-refractivity contribution in [3.05, 3.63) is 47.2 Å². The fraction of sp³-hybridized carbons (Fsp3) is 0.364. The highest BCUT2D eigenvalue weighted by Gasteiger charge is 2.33. The number of aromatic nitrogens is 1. The van der Waals surface area contributed by atoms with Gasteiger partial charge in [-0.2, -0.15) is 13.2 Å². The number of anilines is 1. The molecule has 2 aromatic rings. The molecule has 6 nitrogen and oxygen atoms in total. The second-order valence-electron chi connectivity index (χ2n) is 7.82. The van der Waals surface area contributed by atoms with E-state index < -0.39 is 17.8 Å². The third kappa shape index (κ3) is 3.92. The second-order valence-corrected chi connectivity index (χ2v) is 7.82. The van der Waals surface area contributed by atoms with Crippen molar-refractivity contribution in [2.24, 2.45) is 10.9 Å². The Morgan fingerprint density at radius 3 is 2.52 bits per heavy atom. The minimum Gasteiger partial charge on any atom is -0.366 e. The molecule has 0 saturated carbocycles. The van der Waals surface area contributed by atoms with Crippen LogP contribution < -0.4 is 10.6 Å². The molecular weight excluding hydrogens is 409 g/mol. The molecule has 1 aromatic carbocycles. The summed E-state index contributed by atoms with van der Waals surface area (Å²) in [6.07, 6.45) is -0.660. The van der Waals surface area contributed by atoms with Crippen LogP contribution in [0.15, 0.2) is 35.5 Å². The molecule has 3 atom stereocenters. The Balaban J connectivity index is 1.76. The minimum absolute atomic E-state index is 0.0692. The molecule has 0 spiro atoms. The standard InChI is InChI=1S/C22H21F3N4O2/c1-11-17(7-8-26-21(11)31)29-20-18-16(10-27-12(2)19(18)30)15(9-28-20)13-3-5-14(6-4-13)22(23,24)25/h3-6,9-12,17H,7-8H2,1-2H3,(H,26,31)(H,28,29). The predicted molar refractivity (Wildman–Crippen MR) is 110 cm³/mol. The Morgan fingerprint density at radius 2 is 1.84 bits per heavy atom. The van der Waals surface area contributed by atoms with E-state index in [0.717, 1.165) is 12.1 Å². The van der Waals surface area contributed by atoms with Crippen LogP contribution in [0.5, 0.6) is 0 Å². The van der Waals surface area contributed by atoms with Crippen LogP contribution in [0.3, 0.4) is 0 Å². The van der Waals surface area contributed by atoms with E-state index in [4.69, 9.17) is 0 Å². The number of alkyl halides is 3. The van der Waals surface area contributed by atoms with E-state index in [-0.39, 0.29) is 23.7 Å². The molecule has 162 valence electrons. The first kappa shape index (κ1) is 21.0. The lowest BCUT2D eigenvalue weighted by molar-refractivity contribution is -0.137. The highest BCUT2D eigenvalue weighted by Crippen LogP contribution is 2.35. The van der Waals surface area contributed by atoms with E-state index in [1.807, 2.05) is 0 Å². The van der Waals surface area contributed by atoms with Crippen molar-refractivity contribution in [1.82, 2.24) is 10.3 Å². The average Bonchev–Trinajstić information content (AvgIpc) is 2.73. The molecule has 1 fully saturated rings. The molecule has 0 radical (unpaired) electrons. The number of rotatable bonds is 3. The zero-order chi connectivity index (χ0) is 22.3. The Bertz CT molecular complexity index is 1060. The number of benzene rings is 1. The smallest absolute Gasteiger partial charge is 0.366 e. The maximum absolute atomic E-state index is 13.0. The topological polar surface area (TPSA) is 83.4 Å². The molecule has 3 unspecified atom stereocenters. The number of pyridine rings is 1. The number of carbonyl (C=O) groups excluding carboxylic acids is 2. The van der Waals surface area contributed by atoms with Crippen molar-refractivity contribution >= 4 is 23.7 Å². The highest BCUT2D eigenvalue weighted by molar-refractivity contribution is 6.15. The quantitative estimate of drug-likeness (QED) is 0.778. The maximum Gasteiger partial charge on any atom is 0.416 e. The van der Waals surface area contributed by atoms with E-state index in [9.17, 15) is 22.8 Å². The fourth-order valence-corrected chi connectivity index (χ4v) is 3.87. The number of Topliss-reactive ketones (excluding diaryl/α,β-unsaturated/α-hetero) is 1.